The lowest BCUT2D eigenvalue weighted by Gasteiger charge is -2.26. The number of hydrogen-bond donors (Lipinski definition) is 1. The van der Waals surface area contributed by atoms with E-state index in [1.54, 1.807) is 4.90 Å². The second kappa shape index (κ2) is 8.33. The van der Waals surface area contributed by atoms with Gasteiger partial charge in [0.05, 0.1) is 11.7 Å². The normalized spacial score (nSPS) is 17.8. The van der Waals surface area contributed by atoms with E-state index in [2.05, 4.69) is 30.2 Å². The van der Waals surface area contributed by atoms with Gasteiger partial charge < -0.3 is 10.2 Å². The minimum atomic E-state index is -0.399. The lowest BCUT2D eigenvalue weighted by Crippen LogP contribution is -2.46. The highest BCUT2D eigenvalue weighted by molar-refractivity contribution is 5.87. The molecule has 142 valence electrons. The first-order chi connectivity index (χ1) is 13.0. The highest BCUT2D eigenvalue weighted by Gasteiger charge is 2.33. The predicted octanol–water partition coefficient (Wildman–Crippen LogP) is 3.42. The average molecular weight is 365 g/mol. The van der Waals surface area contributed by atoms with E-state index in [0.29, 0.717) is 18.9 Å². The van der Waals surface area contributed by atoms with E-state index in [0.717, 1.165) is 23.2 Å². The van der Waals surface area contributed by atoms with Gasteiger partial charge in [0, 0.05) is 19.7 Å². The lowest BCUT2D eigenvalue weighted by molar-refractivity contribution is -0.137. The quantitative estimate of drug-likeness (QED) is 0.883. The van der Waals surface area contributed by atoms with E-state index in [1.165, 1.54) is 6.92 Å². The van der Waals surface area contributed by atoms with Crippen molar-refractivity contribution in [3.8, 4) is 0 Å². The van der Waals surface area contributed by atoms with Gasteiger partial charge in [-0.25, -0.2) is 0 Å². The standard InChI is InChI=1S/C22H27N3O2/c1-15(2)18-11-12-19(23-14-18)21(17-8-5-4-6-9-17)24-22(27)20-10-7-13-25(20)16(3)26/h4-6,8-9,11-12,14-15,20-21H,7,10,13H2,1-3H3,(H,24,27)/t20-,21-/m0/s1. The monoisotopic (exact) mass is 365 g/mol. The molecule has 1 aliphatic rings. The van der Waals surface area contributed by atoms with Crippen LogP contribution >= 0.6 is 0 Å². The fourth-order valence-corrected chi connectivity index (χ4v) is 3.56. The number of likely N-dealkylation sites (tertiary alicyclic amines) is 1. The van der Waals surface area contributed by atoms with Gasteiger partial charge in [0.1, 0.15) is 6.04 Å². The number of nitrogens with one attached hydrogen (secondary N) is 1. The van der Waals surface area contributed by atoms with Crippen LogP contribution in [0.1, 0.15) is 62.4 Å². The molecule has 5 heteroatoms. The number of aromatic nitrogens is 1. The first kappa shape index (κ1) is 19.1. The number of hydrogen-bond acceptors (Lipinski definition) is 3. The van der Waals surface area contributed by atoms with Gasteiger partial charge in [-0.15, -0.1) is 0 Å². The summed E-state index contributed by atoms with van der Waals surface area (Å²) in [7, 11) is 0. The Hall–Kier alpha value is -2.69. The molecule has 2 heterocycles. The summed E-state index contributed by atoms with van der Waals surface area (Å²) in [4.78, 5) is 31.1. The Balaban J connectivity index is 1.87. The molecule has 0 radical (unpaired) electrons. The Morgan fingerprint density at radius 3 is 2.44 bits per heavy atom. The fourth-order valence-electron chi connectivity index (χ4n) is 3.56. The predicted molar refractivity (Wildman–Crippen MR) is 105 cm³/mol. The first-order valence-electron chi connectivity index (χ1n) is 9.55. The summed E-state index contributed by atoms with van der Waals surface area (Å²) in [5, 5.41) is 3.13. The molecule has 1 N–H and O–H groups in total. The fraction of sp³-hybridized carbons (Fsp3) is 0.409. The molecule has 3 rings (SSSR count). The molecule has 1 saturated heterocycles. The Morgan fingerprint density at radius 1 is 1.11 bits per heavy atom. The second-order valence-corrected chi connectivity index (χ2v) is 7.39. The number of pyridine rings is 1. The van der Waals surface area contributed by atoms with Gasteiger partial charge in [0.15, 0.2) is 0 Å². The highest BCUT2D eigenvalue weighted by Crippen LogP contribution is 2.24. The first-order valence-corrected chi connectivity index (χ1v) is 9.55. The Morgan fingerprint density at radius 2 is 1.85 bits per heavy atom. The van der Waals surface area contributed by atoms with Crippen molar-refractivity contribution >= 4 is 11.8 Å². The molecule has 0 bridgehead atoms. The van der Waals surface area contributed by atoms with Crippen LogP contribution in [-0.2, 0) is 9.59 Å². The molecule has 0 saturated carbocycles. The molecule has 2 aromatic rings. The molecular formula is C22H27N3O2. The van der Waals surface area contributed by atoms with E-state index in [9.17, 15) is 9.59 Å². The average Bonchev–Trinajstić information content (AvgIpc) is 3.17. The minimum absolute atomic E-state index is 0.0525. The van der Waals surface area contributed by atoms with Gasteiger partial charge in [0.2, 0.25) is 11.8 Å². The van der Waals surface area contributed by atoms with Crippen molar-refractivity contribution in [1.82, 2.24) is 15.2 Å². The van der Waals surface area contributed by atoms with Crippen LogP contribution in [0, 0.1) is 0 Å². The molecule has 2 atom stereocenters. The maximum Gasteiger partial charge on any atom is 0.243 e. The maximum absolute atomic E-state index is 13.0. The number of rotatable bonds is 5. The number of carbonyl (C=O) groups excluding carboxylic acids is 2. The smallest absolute Gasteiger partial charge is 0.243 e. The lowest BCUT2D eigenvalue weighted by atomic mass is 10.00. The molecule has 2 amide bonds. The van der Waals surface area contributed by atoms with Crippen molar-refractivity contribution in [2.45, 2.75) is 51.6 Å². The van der Waals surface area contributed by atoms with Crippen molar-refractivity contribution in [2.24, 2.45) is 0 Å². The van der Waals surface area contributed by atoms with Gasteiger partial charge in [0.25, 0.3) is 0 Å². The SMILES string of the molecule is CC(=O)N1CCC[C@H]1C(=O)N[C@@H](c1ccccc1)c1ccc(C(C)C)cn1. The third kappa shape index (κ3) is 4.35. The van der Waals surface area contributed by atoms with E-state index in [4.69, 9.17) is 0 Å². The Kier molecular flexibility index (Phi) is 5.89. The van der Waals surface area contributed by atoms with Crippen LogP contribution in [0.25, 0.3) is 0 Å². The second-order valence-electron chi connectivity index (χ2n) is 7.39. The zero-order valence-corrected chi connectivity index (χ0v) is 16.2. The van der Waals surface area contributed by atoms with E-state index >= 15 is 0 Å². The molecular weight excluding hydrogens is 338 g/mol. The zero-order chi connectivity index (χ0) is 19.4. The summed E-state index contributed by atoms with van der Waals surface area (Å²) in [6, 6.07) is 13.1. The Bertz CT molecular complexity index is 787. The van der Waals surface area contributed by atoms with Crippen molar-refractivity contribution in [3.63, 3.8) is 0 Å². The molecule has 5 nitrogen and oxygen atoms in total. The highest BCUT2D eigenvalue weighted by atomic mass is 16.2. The zero-order valence-electron chi connectivity index (χ0n) is 16.2. The molecule has 1 aromatic heterocycles. The van der Waals surface area contributed by atoms with Gasteiger partial charge in [-0.1, -0.05) is 50.2 Å². The van der Waals surface area contributed by atoms with Crippen molar-refractivity contribution in [1.29, 1.82) is 0 Å². The van der Waals surface area contributed by atoms with E-state index < -0.39 is 6.04 Å². The maximum atomic E-state index is 13.0. The molecule has 1 aliphatic heterocycles. The van der Waals surface area contributed by atoms with Gasteiger partial charge in [-0.3, -0.25) is 14.6 Å². The number of amides is 2. The van der Waals surface area contributed by atoms with Crippen LogP contribution in [0.4, 0.5) is 0 Å². The summed E-state index contributed by atoms with van der Waals surface area (Å²) < 4.78 is 0. The van der Waals surface area contributed by atoms with Crippen LogP contribution in [0.5, 0.6) is 0 Å². The topological polar surface area (TPSA) is 62.3 Å². The molecule has 0 unspecified atom stereocenters. The number of nitrogens with zero attached hydrogens (tertiary/aromatic N) is 2. The minimum Gasteiger partial charge on any atom is -0.342 e. The largest absolute Gasteiger partial charge is 0.342 e. The van der Waals surface area contributed by atoms with Crippen molar-refractivity contribution < 1.29 is 9.59 Å². The van der Waals surface area contributed by atoms with Gasteiger partial charge in [-0.05, 0) is 36.0 Å². The molecule has 27 heavy (non-hydrogen) atoms. The summed E-state index contributed by atoms with van der Waals surface area (Å²) in [5.74, 6) is 0.230. The van der Waals surface area contributed by atoms with Gasteiger partial charge >= 0.3 is 0 Å². The van der Waals surface area contributed by atoms with Crippen LogP contribution in [0.3, 0.4) is 0 Å². The molecule has 0 aliphatic carbocycles. The van der Waals surface area contributed by atoms with Gasteiger partial charge in [-0.2, -0.15) is 0 Å². The van der Waals surface area contributed by atoms with E-state index in [1.807, 2.05) is 42.6 Å². The Labute approximate surface area is 160 Å². The van der Waals surface area contributed by atoms with Crippen LogP contribution in [0.2, 0.25) is 0 Å². The van der Waals surface area contributed by atoms with E-state index in [-0.39, 0.29) is 17.9 Å². The van der Waals surface area contributed by atoms with Crippen molar-refractivity contribution in [2.75, 3.05) is 6.54 Å². The summed E-state index contributed by atoms with van der Waals surface area (Å²) >= 11 is 0. The summed E-state index contributed by atoms with van der Waals surface area (Å²) in [6.07, 6.45) is 3.43. The summed E-state index contributed by atoms with van der Waals surface area (Å²) in [6.45, 7) is 6.42. The summed E-state index contributed by atoms with van der Waals surface area (Å²) in [5.41, 5.74) is 2.93. The third-order valence-corrected chi connectivity index (χ3v) is 5.15. The van der Waals surface area contributed by atoms with Crippen LogP contribution < -0.4 is 5.32 Å². The van der Waals surface area contributed by atoms with Crippen molar-refractivity contribution in [3.05, 3.63) is 65.5 Å². The molecule has 1 aromatic carbocycles. The number of benzene rings is 1. The number of carbonyl (C=O) groups is 2. The van der Waals surface area contributed by atoms with Crippen LogP contribution in [0.15, 0.2) is 48.7 Å². The third-order valence-electron chi connectivity index (χ3n) is 5.15. The van der Waals surface area contributed by atoms with Crippen LogP contribution in [-0.4, -0.2) is 34.3 Å². The molecule has 0 spiro atoms. The molecule has 1 fully saturated rings.